The van der Waals surface area contributed by atoms with Crippen molar-refractivity contribution < 1.29 is 22.8 Å². The Morgan fingerprint density at radius 1 is 1.14 bits per heavy atom. The summed E-state index contributed by atoms with van der Waals surface area (Å²) in [6.07, 6.45) is -4.96. The molecule has 1 aliphatic heterocycles. The minimum Gasteiger partial charge on any atom is -0.271 e. The number of para-hydroxylation sites is 1. The monoisotopic (exact) mass is 422 g/mol. The maximum absolute atomic E-state index is 13.6. The molecule has 0 fully saturated rings. The van der Waals surface area contributed by atoms with Crippen molar-refractivity contribution in [1.82, 2.24) is 5.43 Å². The quantitative estimate of drug-likeness (QED) is 0.596. The number of anilines is 1. The maximum atomic E-state index is 13.6. The fourth-order valence-corrected chi connectivity index (χ4v) is 2.83. The van der Waals surface area contributed by atoms with Crippen LogP contribution in [0.1, 0.15) is 17.3 Å². The summed E-state index contributed by atoms with van der Waals surface area (Å²) in [5, 5.41) is 8.44. The lowest BCUT2D eigenvalue weighted by Crippen LogP contribution is -2.41. The first kappa shape index (κ1) is 20.5. The predicted molar refractivity (Wildman–Crippen MR) is 103 cm³/mol. The molecule has 0 unspecified atom stereocenters. The van der Waals surface area contributed by atoms with Crippen molar-refractivity contribution in [2.75, 3.05) is 5.01 Å². The summed E-state index contributed by atoms with van der Waals surface area (Å²) in [7, 11) is 0. The second-order valence-electron chi connectivity index (χ2n) is 6.10. The lowest BCUT2D eigenvalue weighted by molar-refractivity contribution is -0.119. The predicted octanol–water partition coefficient (Wildman–Crippen LogP) is 4.03. The number of benzene rings is 2. The fraction of sp³-hybridized carbons (Fsp3) is 0.158. The summed E-state index contributed by atoms with van der Waals surface area (Å²) in [5.74, 6) is -3.55. The van der Waals surface area contributed by atoms with Gasteiger partial charge in [-0.25, -0.2) is 5.43 Å². The molecular weight excluding hydrogens is 409 g/mol. The van der Waals surface area contributed by atoms with Crippen molar-refractivity contribution in [2.45, 2.75) is 13.1 Å². The van der Waals surface area contributed by atoms with Crippen LogP contribution in [0.3, 0.4) is 0 Å². The van der Waals surface area contributed by atoms with Gasteiger partial charge < -0.3 is 0 Å². The molecule has 3 rings (SSSR count). The molecule has 0 spiro atoms. The van der Waals surface area contributed by atoms with Crippen molar-refractivity contribution in [1.29, 1.82) is 0 Å². The Kier molecular flexibility index (Phi) is 5.69. The second kappa shape index (κ2) is 8.04. The largest absolute Gasteiger partial charge is 0.432 e. The summed E-state index contributed by atoms with van der Waals surface area (Å²) < 4.78 is 40.9. The molecule has 0 saturated carbocycles. The molecule has 1 heterocycles. The second-order valence-corrected chi connectivity index (χ2v) is 6.54. The lowest BCUT2D eigenvalue weighted by Gasteiger charge is -2.17. The van der Waals surface area contributed by atoms with Crippen molar-refractivity contribution in [3.8, 4) is 0 Å². The fourth-order valence-electron chi connectivity index (χ4n) is 2.70. The van der Waals surface area contributed by atoms with Crippen molar-refractivity contribution >= 4 is 40.5 Å². The van der Waals surface area contributed by atoms with Gasteiger partial charge in [0.05, 0.1) is 11.4 Å². The molecule has 2 aromatic rings. The van der Waals surface area contributed by atoms with E-state index in [1.54, 1.807) is 30.3 Å². The highest BCUT2D eigenvalue weighted by molar-refractivity contribution is 6.30. The minimum absolute atomic E-state index is 0.0636. The number of rotatable bonds is 4. The van der Waals surface area contributed by atoms with Gasteiger partial charge in [-0.2, -0.15) is 28.4 Å². The Hall–Kier alpha value is -3.20. The van der Waals surface area contributed by atoms with Crippen LogP contribution in [-0.4, -0.2) is 29.4 Å². The number of nitrogens with zero attached hydrogens (tertiary/aromatic N) is 3. The van der Waals surface area contributed by atoms with Crippen LogP contribution >= 0.6 is 11.6 Å². The zero-order chi connectivity index (χ0) is 21.2. The molecule has 0 saturated heterocycles. The average molecular weight is 423 g/mol. The third-order valence-electron chi connectivity index (χ3n) is 4.08. The number of halogens is 4. The van der Waals surface area contributed by atoms with Crippen LogP contribution in [0.4, 0.5) is 18.9 Å². The van der Waals surface area contributed by atoms with Crippen LogP contribution in [0.15, 0.2) is 64.8 Å². The Bertz CT molecular complexity index is 989. The van der Waals surface area contributed by atoms with Gasteiger partial charge in [0.15, 0.2) is 5.71 Å². The number of carbonyl (C=O) groups excluding carboxylic acids is 2. The highest BCUT2D eigenvalue weighted by atomic mass is 35.5. The Morgan fingerprint density at radius 2 is 1.76 bits per heavy atom. The first-order valence-corrected chi connectivity index (χ1v) is 8.71. The molecule has 1 aliphatic rings. The third kappa shape index (κ3) is 4.45. The van der Waals surface area contributed by atoms with E-state index < -0.39 is 29.6 Å². The normalized spacial score (nSPS) is 17.3. The maximum Gasteiger partial charge on any atom is 0.432 e. The van der Waals surface area contributed by atoms with E-state index in [-0.39, 0.29) is 11.3 Å². The smallest absolute Gasteiger partial charge is 0.271 e. The minimum atomic E-state index is -4.96. The van der Waals surface area contributed by atoms with Gasteiger partial charge in [0.25, 0.3) is 11.8 Å². The zero-order valence-corrected chi connectivity index (χ0v) is 15.7. The van der Waals surface area contributed by atoms with Crippen molar-refractivity contribution in [2.24, 2.45) is 16.1 Å². The van der Waals surface area contributed by atoms with Crippen LogP contribution in [0.5, 0.6) is 0 Å². The number of hydrazone groups is 2. The molecule has 150 valence electrons. The first-order valence-electron chi connectivity index (χ1n) is 8.33. The van der Waals surface area contributed by atoms with E-state index in [1.807, 2.05) is 5.43 Å². The number of alkyl halides is 3. The molecule has 0 bridgehead atoms. The van der Waals surface area contributed by atoms with E-state index in [1.165, 1.54) is 31.2 Å². The number of hydrogen-bond acceptors (Lipinski definition) is 4. The topological polar surface area (TPSA) is 74.1 Å². The summed E-state index contributed by atoms with van der Waals surface area (Å²) in [5.41, 5.74) is 0.705. The highest BCUT2D eigenvalue weighted by Gasteiger charge is 2.49. The van der Waals surface area contributed by atoms with Gasteiger partial charge >= 0.3 is 6.18 Å². The Labute approximate surface area is 168 Å². The zero-order valence-electron chi connectivity index (χ0n) is 14.9. The first-order chi connectivity index (χ1) is 13.7. The van der Waals surface area contributed by atoms with E-state index in [2.05, 4.69) is 10.2 Å². The molecule has 0 aliphatic carbocycles. The Morgan fingerprint density at radius 3 is 2.34 bits per heavy atom. The molecule has 6 nitrogen and oxygen atoms in total. The van der Waals surface area contributed by atoms with Gasteiger partial charge in [-0.05, 0) is 43.3 Å². The van der Waals surface area contributed by atoms with E-state index in [0.717, 1.165) is 5.01 Å². The molecule has 10 heteroatoms. The van der Waals surface area contributed by atoms with Crippen LogP contribution < -0.4 is 10.4 Å². The van der Waals surface area contributed by atoms with Gasteiger partial charge in [0.1, 0.15) is 5.92 Å². The lowest BCUT2D eigenvalue weighted by atomic mass is 9.97. The Balaban J connectivity index is 1.88. The SMILES string of the molecule is CC1=NN(c2ccccc2)C(=O)[C@H]1/C(=N/NC(=O)c1ccc(Cl)cc1)C(F)(F)F. The number of hydrogen-bond donors (Lipinski definition) is 1. The standard InChI is InChI=1S/C19H14ClF3N4O2/c1-11-15(18(29)27(26-11)14-5-3-2-4-6-14)16(19(21,22)23)24-25-17(28)12-7-9-13(20)10-8-12/h2-10,15H,1H3,(H,25,28)/b24-16-/t15-/m1/s1. The van der Waals surface area contributed by atoms with E-state index in [0.29, 0.717) is 10.7 Å². The third-order valence-corrected chi connectivity index (χ3v) is 4.33. The summed E-state index contributed by atoms with van der Waals surface area (Å²) in [6.45, 7) is 1.30. The number of nitrogens with one attached hydrogen (secondary N) is 1. The van der Waals surface area contributed by atoms with E-state index >= 15 is 0 Å². The number of carbonyl (C=O) groups is 2. The summed E-state index contributed by atoms with van der Waals surface area (Å²) in [6, 6.07) is 13.6. The molecule has 1 N–H and O–H groups in total. The van der Waals surface area contributed by atoms with Crippen molar-refractivity contribution in [3.05, 3.63) is 65.2 Å². The van der Waals surface area contributed by atoms with E-state index in [4.69, 9.17) is 11.6 Å². The molecule has 2 aromatic carbocycles. The molecule has 0 radical (unpaired) electrons. The summed E-state index contributed by atoms with van der Waals surface area (Å²) in [4.78, 5) is 24.8. The average Bonchev–Trinajstić information content (AvgIpc) is 2.97. The molecule has 0 aromatic heterocycles. The number of amides is 2. The van der Waals surface area contributed by atoms with E-state index in [9.17, 15) is 22.8 Å². The molecule has 29 heavy (non-hydrogen) atoms. The van der Waals surface area contributed by atoms with Gasteiger partial charge in [-0.1, -0.05) is 29.8 Å². The highest BCUT2D eigenvalue weighted by Crippen LogP contribution is 2.30. The molecule has 1 atom stereocenters. The summed E-state index contributed by atoms with van der Waals surface area (Å²) >= 11 is 5.72. The molecule has 2 amide bonds. The van der Waals surface area contributed by atoms with Crippen molar-refractivity contribution in [3.63, 3.8) is 0 Å². The van der Waals surface area contributed by atoms with Gasteiger partial charge in [-0.3, -0.25) is 9.59 Å². The van der Waals surface area contributed by atoms with Gasteiger partial charge in [0.2, 0.25) is 0 Å². The van der Waals surface area contributed by atoms with Gasteiger partial charge in [-0.15, -0.1) is 0 Å². The van der Waals surface area contributed by atoms with Crippen LogP contribution in [-0.2, 0) is 4.79 Å². The van der Waals surface area contributed by atoms with Crippen LogP contribution in [0.2, 0.25) is 5.02 Å². The molecular formula is C19H14ClF3N4O2. The van der Waals surface area contributed by atoms with Crippen LogP contribution in [0.25, 0.3) is 0 Å². The van der Waals surface area contributed by atoms with Crippen LogP contribution in [0, 0.1) is 5.92 Å². The van der Waals surface area contributed by atoms with Gasteiger partial charge in [0, 0.05) is 10.6 Å².